The lowest BCUT2D eigenvalue weighted by Gasteiger charge is -2.11. The van der Waals surface area contributed by atoms with Crippen LogP contribution in [0.1, 0.15) is 16.1 Å². The van der Waals surface area contributed by atoms with Gasteiger partial charge in [0, 0.05) is 5.69 Å². The minimum absolute atomic E-state index is 0.0867. The Morgan fingerprint density at radius 3 is 2.40 bits per heavy atom. The molecule has 3 amide bonds. The third-order valence-electron chi connectivity index (χ3n) is 3.89. The average Bonchev–Trinajstić information content (AvgIpc) is 3.26. The Hall–Kier alpha value is -4.14. The molecule has 0 atom stereocenters. The highest BCUT2D eigenvalue weighted by atomic mass is 19.1. The highest BCUT2D eigenvalue weighted by Gasteiger charge is 2.16. The fourth-order valence-corrected chi connectivity index (χ4v) is 2.50. The quantitative estimate of drug-likeness (QED) is 0.513. The van der Waals surface area contributed by atoms with Gasteiger partial charge in [0.05, 0.1) is 24.1 Å². The summed E-state index contributed by atoms with van der Waals surface area (Å²) < 4.78 is 23.7. The third-order valence-corrected chi connectivity index (χ3v) is 3.89. The molecule has 3 aromatic rings. The van der Waals surface area contributed by atoms with Crippen molar-refractivity contribution in [3.05, 3.63) is 84.1 Å². The second-order valence-corrected chi connectivity index (χ2v) is 6.04. The SMILES string of the molecule is O=C(COC(=O)c1ccccc1NCc1ccco1)NC(=O)Nc1ccccc1F. The van der Waals surface area contributed by atoms with E-state index in [1.807, 2.05) is 5.32 Å². The Balaban J connectivity index is 1.50. The molecule has 0 aliphatic carbocycles. The highest BCUT2D eigenvalue weighted by molar-refractivity contribution is 6.03. The summed E-state index contributed by atoms with van der Waals surface area (Å²) in [6, 6.07) is 14.7. The van der Waals surface area contributed by atoms with Crippen LogP contribution in [0.5, 0.6) is 0 Å². The molecule has 1 heterocycles. The number of halogens is 1. The molecule has 2 aromatic carbocycles. The van der Waals surface area contributed by atoms with Crippen molar-refractivity contribution in [1.82, 2.24) is 5.32 Å². The first-order chi connectivity index (χ1) is 14.5. The van der Waals surface area contributed by atoms with Gasteiger partial charge >= 0.3 is 12.0 Å². The molecule has 8 nitrogen and oxygen atoms in total. The number of hydrogen-bond donors (Lipinski definition) is 3. The van der Waals surface area contributed by atoms with Crippen molar-refractivity contribution in [2.45, 2.75) is 6.54 Å². The van der Waals surface area contributed by atoms with Gasteiger partial charge in [-0.2, -0.15) is 0 Å². The number of hydrogen-bond acceptors (Lipinski definition) is 6. The molecular formula is C21H18FN3O5. The van der Waals surface area contributed by atoms with Crippen LogP contribution in [0.2, 0.25) is 0 Å². The maximum Gasteiger partial charge on any atom is 0.340 e. The zero-order valence-electron chi connectivity index (χ0n) is 15.7. The molecule has 0 saturated heterocycles. The first kappa shape index (κ1) is 20.6. The number of anilines is 2. The van der Waals surface area contributed by atoms with Gasteiger partial charge in [-0.1, -0.05) is 24.3 Å². The molecule has 154 valence electrons. The molecule has 3 rings (SSSR count). The maximum absolute atomic E-state index is 13.5. The average molecular weight is 411 g/mol. The second kappa shape index (κ2) is 9.87. The summed E-state index contributed by atoms with van der Waals surface area (Å²) in [7, 11) is 0. The molecule has 1 aromatic heterocycles. The topological polar surface area (TPSA) is 110 Å². The van der Waals surface area contributed by atoms with Gasteiger partial charge in [0.2, 0.25) is 0 Å². The van der Waals surface area contributed by atoms with Gasteiger partial charge in [0.15, 0.2) is 6.61 Å². The van der Waals surface area contributed by atoms with Crippen LogP contribution in [0.15, 0.2) is 71.3 Å². The van der Waals surface area contributed by atoms with Crippen LogP contribution in [-0.4, -0.2) is 24.5 Å². The van der Waals surface area contributed by atoms with E-state index in [4.69, 9.17) is 9.15 Å². The summed E-state index contributed by atoms with van der Waals surface area (Å²) in [5, 5.41) is 7.21. The van der Waals surface area contributed by atoms with Crippen molar-refractivity contribution >= 4 is 29.3 Å². The lowest BCUT2D eigenvalue weighted by Crippen LogP contribution is -2.37. The van der Waals surface area contributed by atoms with Gasteiger partial charge in [-0.15, -0.1) is 0 Å². The molecule has 0 bridgehead atoms. The number of rotatable bonds is 7. The number of esters is 1. The molecule has 0 saturated carbocycles. The van der Waals surface area contributed by atoms with Crippen molar-refractivity contribution in [2.24, 2.45) is 0 Å². The number of carbonyl (C=O) groups is 3. The van der Waals surface area contributed by atoms with Crippen LogP contribution in [0.3, 0.4) is 0 Å². The number of ether oxygens (including phenoxy) is 1. The maximum atomic E-state index is 13.5. The number of furan rings is 1. The van der Waals surface area contributed by atoms with Gasteiger partial charge in [0.1, 0.15) is 11.6 Å². The van der Waals surface area contributed by atoms with E-state index in [1.165, 1.54) is 30.5 Å². The largest absolute Gasteiger partial charge is 0.467 e. The van der Waals surface area contributed by atoms with E-state index in [-0.39, 0.29) is 11.3 Å². The van der Waals surface area contributed by atoms with Gasteiger partial charge in [-0.25, -0.2) is 14.0 Å². The predicted octanol–water partition coefficient (Wildman–Crippen LogP) is 3.54. The van der Waals surface area contributed by atoms with Crippen molar-refractivity contribution in [2.75, 3.05) is 17.2 Å². The summed E-state index contributed by atoms with van der Waals surface area (Å²) in [6.45, 7) is -0.329. The fraction of sp³-hybridized carbons (Fsp3) is 0.0952. The van der Waals surface area contributed by atoms with Crippen LogP contribution in [0, 0.1) is 5.82 Å². The number of urea groups is 1. The van der Waals surface area contributed by atoms with E-state index in [2.05, 4.69) is 10.6 Å². The van der Waals surface area contributed by atoms with Crippen molar-refractivity contribution in [3.63, 3.8) is 0 Å². The Labute approximate surface area is 171 Å². The normalized spacial score (nSPS) is 10.2. The smallest absolute Gasteiger partial charge is 0.340 e. The highest BCUT2D eigenvalue weighted by Crippen LogP contribution is 2.17. The van der Waals surface area contributed by atoms with E-state index in [0.29, 0.717) is 18.0 Å². The summed E-state index contributed by atoms with van der Waals surface area (Å²) in [5.74, 6) is -1.58. The van der Waals surface area contributed by atoms with Crippen LogP contribution >= 0.6 is 0 Å². The Kier molecular flexibility index (Phi) is 6.78. The third kappa shape index (κ3) is 5.68. The summed E-state index contributed by atoms with van der Waals surface area (Å²) in [5.41, 5.74) is 0.626. The standard InChI is InChI=1S/C21H18FN3O5/c22-16-8-2-4-10-18(16)24-21(28)25-19(26)13-30-20(27)15-7-1-3-9-17(15)23-12-14-6-5-11-29-14/h1-11,23H,12-13H2,(H2,24,25,26,28). The molecule has 30 heavy (non-hydrogen) atoms. The Morgan fingerprint density at radius 1 is 0.933 bits per heavy atom. The number of para-hydroxylation sites is 2. The molecule has 0 unspecified atom stereocenters. The minimum Gasteiger partial charge on any atom is -0.467 e. The van der Waals surface area contributed by atoms with Crippen LogP contribution < -0.4 is 16.0 Å². The molecule has 0 spiro atoms. The lowest BCUT2D eigenvalue weighted by atomic mass is 10.2. The molecule has 0 aliphatic heterocycles. The second-order valence-electron chi connectivity index (χ2n) is 6.04. The number of nitrogens with one attached hydrogen (secondary N) is 3. The van der Waals surface area contributed by atoms with Crippen molar-refractivity contribution in [1.29, 1.82) is 0 Å². The number of imide groups is 1. The number of amides is 3. The van der Waals surface area contributed by atoms with E-state index in [0.717, 1.165) is 6.07 Å². The van der Waals surface area contributed by atoms with Crippen molar-refractivity contribution < 1.29 is 27.9 Å². The van der Waals surface area contributed by atoms with Crippen LogP contribution in [0.25, 0.3) is 0 Å². The summed E-state index contributed by atoms with van der Waals surface area (Å²) >= 11 is 0. The van der Waals surface area contributed by atoms with Gasteiger partial charge in [-0.3, -0.25) is 10.1 Å². The van der Waals surface area contributed by atoms with E-state index in [1.54, 1.807) is 30.3 Å². The van der Waals surface area contributed by atoms with Gasteiger partial charge in [-0.05, 0) is 36.4 Å². The first-order valence-corrected chi connectivity index (χ1v) is 8.90. The van der Waals surface area contributed by atoms with Crippen LogP contribution in [-0.2, 0) is 16.1 Å². The molecule has 3 N–H and O–H groups in total. The number of benzene rings is 2. The van der Waals surface area contributed by atoms with Crippen LogP contribution in [0.4, 0.5) is 20.6 Å². The molecule has 0 radical (unpaired) electrons. The summed E-state index contributed by atoms with van der Waals surface area (Å²) in [6.07, 6.45) is 1.54. The Morgan fingerprint density at radius 2 is 1.67 bits per heavy atom. The summed E-state index contributed by atoms with van der Waals surface area (Å²) in [4.78, 5) is 36.0. The predicted molar refractivity (Wildman–Crippen MR) is 106 cm³/mol. The van der Waals surface area contributed by atoms with E-state index < -0.39 is 30.3 Å². The fourth-order valence-electron chi connectivity index (χ4n) is 2.50. The molecular weight excluding hydrogens is 393 g/mol. The molecule has 0 fully saturated rings. The zero-order chi connectivity index (χ0) is 21.3. The van der Waals surface area contributed by atoms with Crippen molar-refractivity contribution in [3.8, 4) is 0 Å². The minimum atomic E-state index is -0.943. The van der Waals surface area contributed by atoms with Gasteiger partial charge in [0.25, 0.3) is 5.91 Å². The monoisotopic (exact) mass is 411 g/mol. The Bertz CT molecular complexity index is 1040. The van der Waals surface area contributed by atoms with Gasteiger partial charge < -0.3 is 19.8 Å². The lowest BCUT2D eigenvalue weighted by molar-refractivity contribution is -0.123. The molecule has 0 aliphatic rings. The molecule has 9 heteroatoms. The van der Waals surface area contributed by atoms with E-state index in [9.17, 15) is 18.8 Å². The number of carbonyl (C=O) groups excluding carboxylic acids is 3. The first-order valence-electron chi connectivity index (χ1n) is 8.90. The van der Waals surface area contributed by atoms with E-state index >= 15 is 0 Å². The zero-order valence-corrected chi connectivity index (χ0v) is 15.7.